The summed E-state index contributed by atoms with van der Waals surface area (Å²) in [5, 5.41) is 0. The summed E-state index contributed by atoms with van der Waals surface area (Å²) < 4.78 is 28.6. The maximum absolute atomic E-state index is 10.2. The van der Waals surface area contributed by atoms with Gasteiger partial charge in [-0.3, -0.25) is 4.55 Å². The van der Waals surface area contributed by atoms with Crippen molar-refractivity contribution < 1.29 is 13.0 Å². The van der Waals surface area contributed by atoms with Crippen molar-refractivity contribution in [1.82, 2.24) is 0 Å². The Bertz CT molecular complexity index is 253. The standard InChI is InChI=1S/C7H12O3S/c1-7(2)5-3-4-6-11(8,9)10/h7H,4,6H2,1-2H3,(H,8,9,10). The monoisotopic (exact) mass is 176 g/mol. The molecule has 0 aliphatic carbocycles. The zero-order valence-electron chi connectivity index (χ0n) is 6.66. The summed E-state index contributed by atoms with van der Waals surface area (Å²) in [6.07, 6.45) is 0.205. The predicted molar refractivity (Wildman–Crippen MR) is 43.6 cm³/mol. The van der Waals surface area contributed by atoms with Crippen LogP contribution in [0, 0.1) is 17.8 Å². The van der Waals surface area contributed by atoms with Crippen molar-refractivity contribution >= 4 is 10.1 Å². The minimum Gasteiger partial charge on any atom is -0.286 e. The maximum Gasteiger partial charge on any atom is 0.265 e. The second-order valence-corrected chi connectivity index (χ2v) is 4.08. The summed E-state index contributed by atoms with van der Waals surface area (Å²) in [5.74, 6) is 5.42. The molecule has 3 nitrogen and oxygen atoms in total. The Morgan fingerprint density at radius 2 is 2.00 bits per heavy atom. The molecular formula is C7H12O3S. The second-order valence-electron chi connectivity index (χ2n) is 2.51. The van der Waals surface area contributed by atoms with E-state index in [4.69, 9.17) is 4.55 Å². The molecule has 4 heteroatoms. The van der Waals surface area contributed by atoms with Crippen molar-refractivity contribution in [3.05, 3.63) is 0 Å². The van der Waals surface area contributed by atoms with Crippen molar-refractivity contribution in [3.8, 4) is 11.8 Å². The van der Waals surface area contributed by atoms with E-state index >= 15 is 0 Å². The van der Waals surface area contributed by atoms with Gasteiger partial charge in [0.1, 0.15) is 0 Å². The molecule has 0 saturated heterocycles. The van der Waals surface area contributed by atoms with Gasteiger partial charge in [0, 0.05) is 12.3 Å². The highest BCUT2D eigenvalue weighted by molar-refractivity contribution is 7.85. The first-order valence-electron chi connectivity index (χ1n) is 3.35. The van der Waals surface area contributed by atoms with Crippen LogP contribution in [-0.2, 0) is 10.1 Å². The van der Waals surface area contributed by atoms with Crippen molar-refractivity contribution in [2.75, 3.05) is 5.75 Å². The minimum absolute atomic E-state index is 0.205. The van der Waals surface area contributed by atoms with Gasteiger partial charge in [0.25, 0.3) is 10.1 Å². The van der Waals surface area contributed by atoms with Gasteiger partial charge in [-0.25, -0.2) is 0 Å². The zero-order chi connectivity index (χ0) is 8.91. The molecule has 1 N–H and O–H groups in total. The fraction of sp³-hybridized carbons (Fsp3) is 0.714. The van der Waals surface area contributed by atoms with E-state index in [1.54, 1.807) is 0 Å². The quantitative estimate of drug-likeness (QED) is 0.503. The van der Waals surface area contributed by atoms with Crippen LogP contribution in [0.2, 0.25) is 0 Å². The molecule has 0 atom stereocenters. The Hall–Kier alpha value is -0.530. The topological polar surface area (TPSA) is 54.4 Å². The zero-order valence-corrected chi connectivity index (χ0v) is 7.48. The highest BCUT2D eigenvalue weighted by Crippen LogP contribution is 1.89. The minimum atomic E-state index is -3.82. The molecule has 0 aliphatic heterocycles. The smallest absolute Gasteiger partial charge is 0.265 e. The van der Waals surface area contributed by atoms with Crippen LogP contribution in [0.4, 0.5) is 0 Å². The van der Waals surface area contributed by atoms with Crippen LogP contribution < -0.4 is 0 Å². The molecule has 0 aliphatic rings. The Morgan fingerprint density at radius 1 is 1.45 bits per heavy atom. The molecule has 0 aromatic rings. The molecule has 0 saturated carbocycles. The molecule has 0 unspecified atom stereocenters. The van der Waals surface area contributed by atoms with E-state index in [1.165, 1.54) is 0 Å². The summed E-state index contributed by atoms with van der Waals surface area (Å²) in [6, 6.07) is 0. The average Bonchev–Trinajstić information content (AvgIpc) is 1.78. The number of hydrogen-bond donors (Lipinski definition) is 1. The van der Waals surface area contributed by atoms with Crippen LogP contribution in [0.1, 0.15) is 20.3 Å². The lowest BCUT2D eigenvalue weighted by Crippen LogP contribution is -2.02. The van der Waals surface area contributed by atoms with Crippen LogP contribution >= 0.6 is 0 Å². The van der Waals surface area contributed by atoms with Crippen LogP contribution in [0.5, 0.6) is 0 Å². The van der Waals surface area contributed by atoms with Crippen LogP contribution in [-0.4, -0.2) is 18.7 Å². The molecule has 0 rings (SSSR count). The Balaban J connectivity index is 3.70. The lowest BCUT2D eigenvalue weighted by atomic mass is 10.2. The average molecular weight is 176 g/mol. The molecule has 0 heterocycles. The molecule has 0 fully saturated rings. The predicted octanol–water partition coefficient (Wildman–Crippen LogP) is 0.924. The maximum atomic E-state index is 10.2. The van der Waals surface area contributed by atoms with Gasteiger partial charge in [-0.2, -0.15) is 8.42 Å². The first-order chi connectivity index (χ1) is 4.92. The van der Waals surface area contributed by atoms with Crippen molar-refractivity contribution in [2.45, 2.75) is 20.3 Å². The number of hydrogen-bond acceptors (Lipinski definition) is 2. The normalized spacial score (nSPS) is 10.9. The first kappa shape index (κ1) is 10.5. The van der Waals surface area contributed by atoms with E-state index in [1.807, 2.05) is 13.8 Å². The summed E-state index contributed by atoms with van der Waals surface area (Å²) in [7, 11) is -3.82. The largest absolute Gasteiger partial charge is 0.286 e. The third kappa shape index (κ3) is 9.47. The van der Waals surface area contributed by atoms with Gasteiger partial charge in [-0.1, -0.05) is 13.8 Å². The van der Waals surface area contributed by atoms with Gasteiger partial charge in [-0.15, -0.1) is 11.8 Å². The molecule has 0 amide bonds. The molecule has 11 heavy (non-hydrogen) atoms. The Labute approximate surface area is 67.6 Å². The van der Waals surface area contributed by atoms with E-state index < -0.39 is 10.1 Å². The fourth-order valence-electron chi connectivity index (χ4n) is 0.456. The first-order valence-corrected chi connectivity index (χ1v) is 4.96. The van der Waals surface area contributed by atoms with Gasteiger partial charge in [0.15, 0.2) is 0 Å². The fourth-order valence-corrected chi connectivity index (χ4v) is 0.816. The van der Waals surface area contributed by atoms with Crippen LogP contribution in [0.15, 0.2) is 0 Å². The number of rotatable bonds is 2. The highest BCUT2D eigenvalue weighted by Gasteiger charge is 2.00. The third-order valence-corrected chi connectivity index (χ3v) is 1.60. The van der Waals surface area contributed by atoms with Crippen molar-refractivity contribution in [3.63, 3.8) is 0 Å². The van der Waals surface area contributed by atoms with E-state index in [0.29, 0.717) is 0 Å². The molecule has 0 bridgehead atoms. The van der Waals surface area contributed by atoms with Crippen molar-refractivity contribution in [2.24, 2.45) is 5.92 Å². The van der Waals surface area contributed by atoms with Gasteiger partial charge in [0.2, 0.25) is 0 Å². The molecular weight excluding hydrogens is 164 g/mol. The van der Waals surface area contributed by atoms with E-state index in [9.17, 15) is 8.42 Å². The van der Waals surface area contributed by atoms with E-state index in [-0.39, 0.29) is 18.1 Å². The highest BCUT2D eigenvalue weighted by atomic mass is 32.2. The summed E-state index contributed by atoms with van der Waals surface area (Å²) in [4.78, 5) is 0. The van der Waals surface area contributed by atoms with Gasteiger partial charge >= 0.3 is 0 Å². The van der Waals surface area contributed by atoms with Gasteiger partial charge < -0.3 is 0 Å². The summed E-state index contributed by atoms with van der Waals surface area (Å²) in [6.45, 7) is 3.83. The van der Waals surface area contributed by atoms with Gasteiger partial charge in [0.05, 0.1) is 5.75 Å². The van der Waals surface area contributed by atoms with E-state index in [0.717, 1.165) is 0 Å². The molecule has 0 spiro atoms. The van der Waals surface area contributed by atoms with E-state index in [2.05, 4.69) is 11.8 Å². The van der Waals surface area contributed by atoms with Crippen LogP contribution in [0.3, 0.4) is 0 Å². The summed E-state index contributed by atoms with van der Waals surface area (Å²) >= 11 is 0. The van der Waals surface area contributed by atoms with Gasteiger partial charge in [-0.05, 0) is 0 Å². The Kier molecular flexibility index (Phi) is 4.16. The van der Waals surface area contributed by atoms with Crippen molar-refractivity contribution in [1.29, 1.82) is 0 Å². The molecule has 0 aromatic carbocycles. The second kappa shape index (κ2) is 4.37. The summed E-state index contributed by atoms with van der Waals surface area (Å²) in [5.41, 5.74) is 0. The molecule has 0 radical (unpaired) electrons. The lowest BCUT2D eigenvalue weighted by molar-refractivity contribution is 0.483. The Morgan fingerprint density at radius 3 is 2.36 bits per heavy atom. The molecule has 64 valence electrons. The lowest BCUT2D eigenvalue weighted by Gasteiger charge is -1.89. The SMILES string of the molecule is CC(C)C#CCCS(=O)(=O)O. The molecule has 0 aromatic heterocycles. The van der Waals surface area contributed by atoms with Crippen LogP contribution in [0.25, 0.3) is 0 Å². The third-order valence-electron chi connectivity index (χ3n) is 0.876.